The summed E-state index contributed by atoms with van der Waals surface area (Å²) in [6, 6.07) is 5.01. The molecule has 1 heterocycles. The summed E-state index contributed by atoms with van der Waals surface area (Å²) in [5.74, 6) is -1.16. The summed E-state index contributed by atoms with van der Waals surface area (Å²) in [7, 11) is 0. The van der Waals surface area contributed by atoms with E-state index in [9.17, 15) is 18.0 Å². The lowest BCUT2D eigenvalue weighted by Crippen LogP contribution is -2.17. The van der Waals surface area contributed by atoms with Crippen LogP contribution in [0.15, 0.2) is 33.6 Å². The van der Waals surface area contributed by atoms with E-state index in [4.69, 9.17) is 0 Å². The van der Waals surface area contributed by atoms with Gasteiger partial charge in [-0.25, -0.2) is 4.79 Å². The molecule has 0 spiro atoms. The Morgan fingerprint density at radius 2 is 2.12 bits per heavy atom. The van der Waals surface area contributed by atoms with Gasteiger partial charge in [-0.05, 0) is 12.1 Å². The number of hydrogen-bond donors (Lipinski definition) is 1. The summed E-state index contributed by atoms with van der Waals surface area (Å²) >= 11 is 0. The molecule has 1 aromatic carbocycles. The Balaban J connectivity index is 2.32. The minimum atomic E-state index is -4.77. The molecule has 5 nitrogen and oxygen atoms in total. The first kappa shape index (κ1) is 11.2. The third-order valence-corrected chi connectivity index (χ3v) is 1.78. The molecular formula is C9H5F3N2O3. The number of rotatable bonds is 2. The summed E-state index contributed by atoms with van der Waals surface area (Å²) in [5.41, 5.74) is 0.248. The summed E-state index contributed by atoms with van der Waals surface area (Å²) in [6.07, 6.45) is -4.77. The lowest BCUT2D eigenvalue weighted by Gasteiger charge is -2.08. The van der Waals surface area contributed by atoms with Crippen molar-refractivity contribution in [3.05, 3.63) is 34.8 Å². The van der Waals surface area contributed by atoms with E-state index in [0.717, 1.165) is 12.1 Å². The number of aromatic nitrogens is 2. The molecule has 8 heteroatoms. The average molecular weight is 246 g/mol. The minimum Gasteiger partial charge on any atom is -0.406 e. The summed E-state index contributed by atoms with van der Waals surface area (Å²) in [4.78, 5) is 12.9. The van der Waals surface area contributed by atoms with Crippen molar-refractivity contribution in [1.29, 1.82) is 0 Å². The SMILES string of the molecule is O=c1[nH]c(-c2cccc(OC(F)(F)F)c2)no1. The number of H-pyrrole nitrogens is 1. The number of ether oxygens (including phenoxy) is 1. The van der Waals surface area contributed by atoms with E-state index < -0.39 is 17.9 Å². The van der Waals surface area contributed by atoms with E-state index in [2.05, 4.69) is 19.4 Å². The summed E-state index contributed by atoms with van der Waals surface area (Å²) in [6.45, 7) is 0. The molecule has 0 amide bonds. The molecule has 1 aromatic heterocycles. The number of aromatic amines is 1. The predicted octanol–water partition coefficient (Wildman–Crippen LogP) is 1.93. The van der Waals surface area contributed by atoms with Crippen LogP contribution in [-0.2, 0) is 0 Å². The van der Waals surface area contributed by atoms with Crippen molar-refractivity contribution >= 4 is 0 Å². The third-order valence-electron chi connectivity index (χ3n) is 1.78. The topological polar surface area (TPSA) is 68.1 Å². The van der Waals surface area contributed by atoms with Crippen molar-refractivity contribution in [1.82, 2.24) is 10.1 Å². The van der Waals surface area contributed by atoms with Crippen molar-refractivity contribution in [2.24, 2.45) is 0 Å². The smallest absolute Gasteiger partial charge is 0.406 e. The van der Waals surface area contributed by atoms with Gasteiger partial charge in [-0.2, -0.15) is 0 Å². The number of alkyl halides is 3. The largest absolute Gasteiger partial charge is 0.573 e. The van der Waals surface area contributed by atoms with Gasteiger partial charge in [0.1, 0.15) is 5.75 Å². The fraction of sp³-hybridized carbons (Fsp3) is 0.111. The number of nitrogens with one attached hydrogen (secondary N) is 1. The molecule has 0 fully saturated rings. The Bertz CT molecular complexity index is 573. The maximum Gasteiger partial charge on any atom is 0.573 e. The molecule has 0 aliphatic heterocycles. The van der Waals surface area contributed by atoms with Gasteiger partial charge >= 0.3 is 12.1 Å². The van der Waals surface area contributed by atoms with Crippen LogP contribution in [0.5, 0.6) is 5.75 Å². The second-order valence-electron chi connectivity index (χ2n) is 3.02. The van der Waals surface area contributed by atoms with Crippen LogP contribution >= 0.6 is 0 Å². The van der Waals surface area contributed by atoms with Gasteiger partial charge in [0.15, 0.2) is 5.82 Å². The van der Waals surface area contributed by atoms with Crippen LogP contribution in [0.3, 0.4) is 0 Å². The molecule has 2 aromatic rings. The van der Waals surface area contributed by atoms with E-state index >= 15 is 0 Å². The number of nitrogens with zero attached hydrogens (tertiary/aromatic N) is 1. The van der Waals surface area contributed by atoms with Crippen molar-refractivity contribution in [2.75, 3.05) is 0 Å². The van der Waals surface area contributed by atoms with Crippen molar-refractivity contribution in [3.63, 3.8) is 0 Å². The van der Waals surface area contributed by atoms with E-state index in [0.29, 0.717) is 0 Å². The first-order valence-corrected chi connectivity index (χ1v) is 4.36. The molecular weight excluding hydrogens is 241 g/mol. The van der Waals surface area contributed by atoms with Gasteiger partial charge in [0.05, 0.1) is 0 Å². The maximum absolute atomic E-state index is 12.0. The van der Waals surface area contributed by atoms with E-state index in [1.165, 1.54) is 12.1 Å². The van der Waals surface area contributed by atoms with Crippen molar-refractivity contribution in [3.8, 4) is 17.1 Å². The van der Waals surface area contributed by atoms with Crippen LogP contribution < -0.4 is 10.5 Å². The molecule has 0 atom stereocenters. The van der Waals surface area contributed by atoms with Gasteiger partial charge in [-0.1, -0.05) is 17.3 Å². The van der Waals surface area contributed by atoms with E-state index in [1.807, 2.05) is 0 Å². The van der Waals surface area contributed by atoms with Gasteiger partial charge in [0.25, 0.3) is 0 Å². The zero-order chi connectivity index (χ0) is 12.5. The lowest BCUT2D eigenvalue weighted by atomic mass is 10.2. The molecule has 0 aliphatic rings. The zero-order valence-corrected chi connectivity index (χ0v) is 8.12. The Labute approximate surface area is 91.8 Å². The van der Waals surface area contributed by atoms with Gasteiger partial charge in [-0.15, -0.1) is 13.2 Å². The molecule has 0 bridgehead atoms. The molecule has 0 unspecified atom stereocenters. The molecule has 0 saturated heterocycles. The Kier molecular flexibility index (Phi) is 2.62. The first-order chi connectivity index (χ1) is 7.94. The van der Waals surface area contributed by atoms with Gasteiger partial charge in [0.2, 0.25) is 0 Å². The molecule has 1 N–H and O–H groups in total. The predicted molar refractivity (Wildman–Crippen MR) is 49.2 cm³/mol. The van der Waals surface area contributed by atoms with Crippen LogP contribution in [0.1, 0.15) is 0 Å². The fourth-order valence-corrected chi connectivity index (χ4v) is 1.19. The summed E-state index contributed by atoms with van der Waals surface area (Å²) in [5, 5.41) is 3.34. The Hall–Kier alpha value is -2.25. The highest BCUT2D eigenvalue weighted by atomic mass is 19.4. The van der Waals surface area contributed by atoms with Gasteiger partial charge in [0, 0.05) is 5.56 Å². The van der Waals surface area contributed by atoms with Crippen molar-refractivity contribution < 1.29 is 22.4 Å². The van der Waals surface area contributed by atoms with Crippen LogP contribution in [0.4, 0.5) is 13.2 Å². The molecule has 0 saturated carbocycles. The molecule has 17 heavy (non-hydrogen) atoms. The average Bonchev–Trinajstić information content (AvgIpc) is 2.63. The third kappa shape index (κ3) is 2.86. The fourth-order valence-electron chi connectivity index (χ4n) is 1.19. The van der Waals surface area contributed by atoms with E-state index in [-0.39, 0.29) is 11.4 Å². The zero-order valence-electron chi connectivity index (χ0n) is 8.12. The van der Waals surface area contributed by atoms with Gasteiger partial charge in [-0.3, -0.25) is 9.51 Å². The first-order valence-electron chi connectivity index (χ1n) is 4.36. The van der Waals surface area contributed by atoms with Crippen LogP contribution in [-0.4, -0.2) is 16.5 Å². The standard InChI is InChI=1S/C9H5F3N2O3/c10-9(11,12)16-6-3-1-2-5(4-6)7-13-8(15)17-14-7/h1-4H,(H,13,14,15). The second kappa shape index (κ2) is 3.96. The lowest BCUT2D eigenvalue weighted by molar-refractivity contribution is -0.274. The van der Waals surface area contributed by atoms with Crippen LogP contribution in [0, 0.1) is 0 Å². The Morgan fingerprint density at radius 3 is 2.71 bits per heavy atom. The molecule has 0 radical (unpaired) electrons. The molecule has 2 rings (SSSR count). The minimum absolute atomic E-state index is 0.0302. The van der Waals surface area contributed by atoms with Crippen LogP contribution in [0.2, 0.25) is 0 Å². The van der Waals surface area contributed by atoms with Gasteiger partial charge < -0.3 is 4.74 Å². The Morgan fingerprint density at radius 1 is 1.35 bits per heavy atom. The number of benzene rings is 1. The second-order valence-corrected chi connectivity index (χ2v) is 3.02. The molecule has 90 valence electrons. The normalized spacial score (nSPS) is 11.5. The quantitative estimate of drug-likeness (QED) is 0.879. The highest BCUT2D eigenvalue weighted by Crippen LogP contribution is 2.25. The number of hydrogen-bond acceptors (Lipinski definition) is 4. The number of halogens is 3. The van der Waals surface area contributed by atoms with Crippen molar-refractivity contribution in [2.45, 2.75) is 6.36 Å². The highest BCUT2D eigenvalue weighted by Gasteiger charge is 2.31. The van der Waals surface area contributed by atoms with E-state index in [1.54, 1.807) is 0 Å². The highest BCUT2D eigenvalue weighted by molar-refractivity contribution is 5.56. The molecule has 0 aliphatic carbocycles. The maximum atomic E-state index is 12.0. The van der Waals surface area contributed by atoms with Crippen LogP contribution in [0.25, 0.3) is 11.4 Å². The monoisotopic (exact) mass is 246 g/mol. The summed E-state index contributed by atoms with van der Waals surface area (Å²) < 4.78 is 43.9.